The molecule has 0 bridgehead atoms. The molecule has 3 rings (SSSR count). The van der Waals surface area contributed by atoms with Crippen LogP contribution >= 0.6 is 0 Å². The van der Waals surface area contributed by atoms with Crippen molar-refractivity contribution in [1.29, 1.82) is 0 Å². The fraction of sp³-hybridized carbons (Fsp3) is 0.211. The molecule has 122 valence electrons. The fourth-order valence-electron chi connectivity index (χ4n) is 2.47. The van der Waals surface area contributed by atoms with Crippen LogP contribution in [0.4, 0.5) is 0 Å². The summed E-state index contributed by atoms with van der Waals surface area (Å²) in [5.74, 6) is 0.879. The maximum Gasteiger partial charge on any atom is 0.254 e. The van der Waals surface area contributed by atoms with Gasteiger partial charge in [-0.05, 0) is 25.5 Å². The van der Waals surface area contributed by atoms with Gasteiger partial charge in [-0.25, -0.2) is 0 Å². The molecule has 5 nitrogen and oxygen atoms in total. The number of aromatic nitrogens is 2. The second-order valence-corrected chi connectivity index (χ2v) is 5.86. The number of carbonyl (C=O) groups excluding carboxylic acids is 1. The molecule has 5 heteroatoms. The molecule has 0 saturated heterocycles. The zero-order valence-corrected chi connectivity index (χ0v) is 14.0. The summed E-state index contributed by atoms with van der Waals surface area (Å²) in [6.45, 7) is 4.17. The molecule has 0 unspecified atom stereocenters. The monoisotopic (exact) mass is 321 g/mol. The average molecular weight is 321 g/mol. The maximum atomic E-state index is 12.6. The van der Waals surface area contributed by atoms with E-state index in [2.05, 4.69) is 10.1 Å². The molecule has 1 aromatic heterocycles. The van der Waals surface area contributed by atoms with Crippen molar-refractivity contribution >= 4 is 5.91 Å². The number of benzene rings is 2. The van der Waals surface area contributed by atoms with Gasteiger partial charge >= 0.3 is 0 Å². The first-order chi connectivity index (χ1) is 11.5. The van der Waals surface area contributed by atoms with Crippen LogP contribution in [-0.2, 0) is 6.54 Å². The molecule has 0 spiro atoms. The minimum Gasteiger partial charge on any atom is -0.337 e. The van der Waals surface area contributed by atoms with Gasteiger partial charge in [0.15, 0.2) is 0 Å². The van der Waals surface area contributed by atoms with Crippen LogP contribution in [0, 0.1) is 13.8 Å². The first kappa shape index (κ1) is 15.9. The summed E-state index contributed by atoms with van der Waals surface area (Å²) < 4.78 is 5.27. The van der Waals surface area contributed by atoms with E-state index in [0.717, 1.165) is 16.7 Å². The molecular formula is C19H19N3O2. The van der Waals surface area contributed by atoms with Gasteiger partial charge in [0.05, 0.1) is 6.54 Å². The minimum absolute atomic E-state index is 0.0596. The highest BCUT2D eigenvalue weighted by atomic mass is 16.5. The lowest BCUT2D eigenvalue weighted by molar-refractivity contribution is 0.0768. The molecular weight excluding hydrogens is 302 g/mol. The normalized spacial score (nSPS) is 10.6. The van der Waals surface area contributed by atoms with Crippen molar-refractivity contribution in [2.24, 2.45) is 0 Å². The minimum atomic E-state index is -0.0596. The Bertz CT molecular complexity index is 856. The Labute approximate surface area is 140 Å². The Hall–Kier alpha value is -2.95. The Morgan fingerprint density at radius 3 is 2.62 bits per heavy atom. The molecule has 1 amide bonds. The van der Waals surface area contributed by atoms with E-state index >= 15 is 0 Å². The van der Waals surface area contributed by atoms with Crippen LogP contribution in [0.25, 0.3) is 11.4 Å². The number of amides is 1. The fourth-order valence-corrected chi connectivity index (χ4v) is 2.47. The summed E-state index contributed by atoms with van der Waals surface area (Å²) in [7, 11) is 1.73. The van der Waals surface area contributed by atoms with Gasteiger partial charge in [0, 0.05) is 18.2 Å². The summed E-state index contributed by atoms with van der Waals surface area (Å²) in [5, 5.41) is 3.98. The molecule has 0 saturated carbocycles. The first-order valence-corrected chi connectivity index (χ1v) is 7.75. The molecule has 2 aromatic carbocycles. The van der Waals surface area contributed by atoms with Crippen LogP contribution in [0.2, 0.25) is 0 Å². The Morgan fingerprint density at radius 1 is 1.12 bits per heavy atom. The third-order valence-electron chi connectivity index (χ3n) is 3.84. The number of hydrogen-bond donors (Lipinski definition) is 0. The predicted molar refractivity (Wildman–Crippen MR) is 91.4 cm³/mol. The molecule has 0 fully saturated rings. The van der Waals surface area contributed by atoms with Crippen molar-refractivity contribution < 1.29 is 9.32 Å². The van der Waals surface area contributed by atoms with E-state index in [-0.39, 0.29) is 12.5 Å². The lowest BCUT2D eigenvalue weighted by atomic mass is 10.0. The summed E-state index contributed by atoms with van der Waals surface area (Å²) in [6, 6.07) is 15.5. The third-order valence-corrected chi connectivity index (χ3v) is 3.84. The van der Waals surface area contributed by atoms with Crippen molar-refractivity contribution in [3.63, 3.8) is 0 Å². The lowest BCUT2D eigenvalue weighted by Crippen LogP contribution is -2.27. The van der Waals surface area contributed by atoms with Crippen LogP contribution in [0.15, 0.2) is 53.1 Å². The third kappa shape index (κ3) is 3.35. The van der Waals surface area contributed by atoms with Crippen LogP contribution < -0.4 is 0 Å². The number of nitrogens with zero attached hydrogens (tertiary/aromatic N) is 3. The highest BCUT2D eigenvalue weighted by molar-refractivity contribution is 5.95. The number of carbonyl (C=O) groups is 1. The number of aryl methyl sites for hydroxylation is 2. The zero-order chi connectivity index (χ0) is 17.1. The molecule has 24 heavy (non-hydrogen) atoms. The van der Waals surface area contributed by atoms with E-state index < -0.39 is 0 Å². The van der Waals surface area contributed by atoms with Gasteiger partial charge in [-0.15, -0.1) is 0 Å². The summed E-state index contributed by atoms with van der Waals surface area (Å²) >= 11 is 0. The number of rotatable bonds is 4. The second-order valence-electron chi connectivity index (χ2n) is 5.86. The largest absolute Gasteiger partial charge is 0.337 e. The molecule has 0 aliphatic heterocycles. The van der Waals surface area contributed by atoms with E-state index in [1.807, 2.05) is 62.4 Å². The molecule has 1 heterocycles. The zero-order valence-electron chi connectivity index (χ0n) is 14.0. The van der Waals surface area contributed by atoms with Crippen molar-refractivity contribution in [3.05, 3.63) is 71.1 Å². The van der Waals surface area contributed by atoms with E-state index in [4.69, 9.17) is 4.52 Å². The van der Waals surface area contributed by atoms with E-state index in [1.165, 1.54) is 0 Å². The quantitative estimate of drug-likeness (QED) is 0.736. The SMILES string of the molecule is Cc1ccc(C)c(C(=O)N(C)Cc2nc(-c3ccccc3)no2)c1. The summed E-state index contributed by atoms with van der Waals surface area (Å²) in [6.07, 6.45) is 0. The van der Waals surface area contributed by atoms with Crippen LogP contribution in [0.1, 0.15) is 27.4 Å². The maximum absolute atomic E-state index is 12.6. The highest BCUT2D eigenvalue weighted by Crippen LogP contribution is 2.17. The Kier molecular flexibility index (Phi) is 4.42. The molecule has 0 radical (unpaired) electrons. The molecule has 3 aromatic rings. The predicted octanol–water partition coefficient (Wildman–Crippen LogP) is 3.63. The standard InChI is InChI=1S/C19H19N3O2/c1-13-9-10-14(2)16(11-13)19(23)22(3)12-17-20-18(21-24-17)15-7-5-4-6-8-15/h4-11H,12H2,1-3H3. The van der Waals surface area contributed by atoms with Gasteiger partial charge in [0.1, 0.15) is 0 Å². The van der Waals surface area contributed by atoms with E-state index in [9.17, 15) is 4.79 Å². The van der Waals surface area contributed by atoms with Gasteiger partial charge in [-0.1, -0.05) is 53.2 Å². The van der Waals surface area contributed by atoms with E-state index in [0.29, 0.717) is 17.3 Å². The second kappa shape index (κ2) is 6.66. The van der Waals surface area contributed by atoms with Crippen molar-refractivity contribution in [2.75, 3.05) is 7.05 Å². The number of hydrogen-bond acceptors (Lipinski definition) is 4. The van der Waals surface area contributed by atoms with Gasteiger partial charge in [-0.2, -0.15) is 4.98 Å². The summed E-state index contributed by atoms with van der Waals surface area (Å²) in [4.78, 5) is 18.6. The highest BCUT2D eigenvalue weighted by Gasteiger charge is 2.17. The van der Waals surface area contributed by atoms with Crippen LogP contribution in [0.5, 0.6) is 0 Å². The van der Waals surface area contributed by atoms with Gasteiger partial charge in [0.25, 0.3) is 5.91 Å². The molecule has 0 aliphatic carbocycles. The molecule has 0 N–H and O–H groups in total. The van der Waals surface area contributed by atoms with Crippen molar-refractivity contribution in [1.82, 2.24) is 15.0 Å². The first-order valence-electron chi connectivity index (χ1n) is 7.75. The molecule has 0 aliphatic rings. The molecule has 0 atom stereocenters. The topological polar surface area (TPSA) is 59.2 Å². The van der Waals surface area contributed by atoms with Crippen molar-refractivity contribution in [2.45, 2.75) is 20.4 Å². The van der Waals surface area contributed by atoms with Gasteiger partial charge < -0.3 is 9.42 Å². The Balaban J connectivity index is 1.75. The van der Waals surface area contributed by atoms with Gasteiger partial charge in [-0.3, -0.25) is 4.79 Å². The average Bonchev–Trinajstić information content (AvgIpc) is 3.05. The van der Waals surface area contributed by atoms with Gasteiger partial charge in [0.2, 0.25) is 11.7 Å². The lowest BCUT2D eigenvalue weighted by Gasteiger charge is -2.16. The summed E-state index contributed by atoms with van der Waals surface area (Å²) in [5.41, 5.74) is 3.59. The van der Waals surface area contributed by atoms with Crippen LogP contribution in [0.3, 0.4) is 0 Å². The smallest absolute Gasteiger partial charge is 0.254 e. The Morgan fingerprint density at radius 2 is 1.88 bits per heavy atom. The van der Waals surface area contributed by atoms with E-state index in [1.54, 1.807) is 11.9 Å². The van der Waals surface area contributed by atoms with Crippen molar-refractivity contribution in [3.8, 4) is 11.4 Å². The van der Waals surface area contributed by atoms with Crippen LogP contribution in [-0.4, -0.2) is 28.0 Å².